The van der Waals surface area contributed by atoms with Gasteiger partial charge in [0.1, 0.15) is 11.5 Å². The van der Waals surface area contributed by atoms with Crippen LogP contribution in [0.4, 0.5) is 10.8 Å². The van der Waals surface area contributed by atoms with Crippen molar-refractivity contribution in [1.82, 2.24) is 10.3 Å². The first-order valence-corrected chi connectivity index (χ1v) is 12.8. The maximum absolute atomic E-state index is 12.3. The third kappa shape index (κ3) is 6.57. The summed E-state index contributed by atoms with van der Waals surface area (Å²) in [6.07, 6.45) is 4.13. The molecule has 2 aromatic carbocycles. The van der Waals surface area contributed by atoms with Crippen LogP contribution in [-0.4, -0.2) is 21.9 Å². The zero-order valence-electron chi connectivity index (χ0n) is 19.6. The zero-order chi connectivity index (χ0) is 25.7. The van der Waals surface area contributed by atoms with E-state index < -0.39 is 5.91 Å². The second kappa shape index (κ2) is 11.5. The molecule has 0 atom stereocenters. The lowest BCUT2D eigenvalue weighted by molar-refractivity contribution is -0.116. The normalized spacial score (nSPS) is 11.1. The number of furan rings is 1. The third-order valence-electron chi connectivity index (χ3n) is 5.09. The molecule has 2 aromatic heterocycles. The van der Waals surface area contributed by atoms with Crippen LogP contribution in [0.1, 0.15) is 31.1 Å². The molecular weight excluding hydrogens is 516 g/mol. The van der Waals surface area contributed by atoms with Gasteiger partial charge in [-0.3, -0.25) is 14.9 Å². The summed E-state index contributed by atoms with van der Waals surface area (Å²) < 4.78 is 6.67. The number of aromatic nitrogens is 1. The van der Waals surface area contributed by atoms with Crippen molar-refractivity contribution in [2.24, 2.45) is 0 Å². The number of nitrogens with zero attached hydrogens (tertiary/aromatic N) is 1. The van der Waals surface area contributed by atoms with E-state index in [1.807, 2.05) is 50.2 Å². The van der Waals surface area contributed by atoms with Crippen LogP contribution in [0.2, 0.25) is 5.02 Å². The maximum atomic E-state index is 12.3. The molecule has 7 nitrogen and oxygen atoms in total. The fraction of sp³-hybridized carbons (Fsp3) is 0.154. The Hall–Kier alpha value is -3.53. The molecule has 0 aliphatic carbocycles. The first kappa shape index (κ1) is 25.6. The number of anilines is 2. The molecule has 0 radical (unpaired) electrons. The van der Waals surface area contributed by atoms with Gasteiger partial charge in [-0.1, -0.05) is 42.0 Å². The molecule has 4 rings (SSSR count). The highest BCUT2D eigenvalue weighted by Gasteiger charge is 2.10. The lowest BCUT2D eigenvalue weighted by atomic mass is 10.1. The SMILES string of the molecule is CCCC(=O)Nc1nc2ccc(NC(=S)NC(=O)/C=C/c3ccc(-c4ccc(C)c(Cl)c4)o3)cc2s1. The zero-order valence-corrected chi connectivity index (χ0v) is 21.9. The van der Waals surface area contributed by atoms with Crippen LogP contribution < -0.4 is 16.0 Å². The highest BCUT2D eigenvalue weighted by atomic mass is 35.5. The van der Waals surface area contributed by atoms with E-state index >= 15 is 0 Å². The summed E-state index contributed by atoms with van der Waals surface area (Å²) in [6.45, 7) is 3.88. The molecule has 0 spiro atoms. The average Bonchev–Trinajstić information content (AvgIpc) is 3.46. The molecule has 3 N–H and O–H groups in total. The van der Waals surface area contributed by atoms with Crippen LogP contribution in [0.5, 0.6) is 0 Å². The predicted octanol–water partition coefficient (Wildman–Crippen LogP) is 6.78. The number of nitrogens with one attached hydrogen (secondary N) is 3. The van der Waals surface area contributed by atoms with Crippen molar-refractivity contribution in [2.45, 2.75) is 26.7 Å². The number of thiazole rings is 1. The number of carbonyl (C=O) groups is 2. The molecule has 4 aromatic rings. The summed E-state index contributed by atoms with van der Waals surface area (Å²) in [4.78, 5) is 28.5. The number of hydrogen-bond donors (Lipinski definition) is 3. The number of amides is 2. The molecule has 0 aliphatic rings. The smallest absolute Gasteiger partial charge is 0.250 e. The van der Waals surface area contributed by atoms with Crippen LogP contribution >= 0.6 is 35.2 Å². The van der Waals surface area contributed by atoms with Gasteiger partial charge in [0, 0.05) is 28.8 Å². The second-order valence-electron chi connectivity index (χ2n) is 7.94. The number of rotatable bonds is 7. The van der Waals surface area contributed by atoms with E-state index in [9.17, 15) is 9.59 Å². The van der Waals surface area contributed by atoms with Gasteiger partial charge >= 0.3 is 0 Å². The van der Waals surface area contributed by atoms with Gasteiger partial charge in [-0.15, -0.1) is 0 Å². The fourth-order valence-electron chi connectivity index (χ4n) is 3.28. The summed E-state index contributed by atoms with van der Waals surface area (Å²) in [5.41, 5.74) is 3.30. The first-order chi connectivity index (χ1) is 17.3. The molecular formula is C26H23ClN4O3S2. The van der Waals surface area contributed by atoms with E-state index in [1.54, 1.807) is 18.2 Å². The van der Waals surface area contributed by atoms with Gasteiger partial charge in [0.25, 0.3) is 0 Å². The van der Waals surface area contributed by atoms with Crippen LogP contribution in [0.3, 0.4) is 0 Å². The van der Waals surface area contributed by atoms with Crippen molar-refractivity contribution < 1.29 is 14.0 Å². The first-order valence-electron chi connectivity index (χ1n) is 11.2. The van der Waals surface area contributed by atoms with Crippen LogP contribution in [0.15, 0.2) is 59.0 Å². The van der Waals surface area contributed by atoms with Crippen molar-refractivity contribution in [2.75, 3.05) is 10.6 Å². The molecule has 36 heavy (non-hydrogen) atoms. The van der Waals surface area contributed by atoms with Gasteiger partial charge in [0.15, 0.2) is 10.2 Å². The minimum atomic E-state index is -0.399. The number of halogens is 1. The number of aryl methyl sites for hydroxylation is 1. The Morgan fingerprint density at radius 3 is 2.75 bits per heavy atom. The maximum Gasteiger partial charge on any atom is 0.250 e. The highest BCUT2D eigenvalue weighted by Crippen LogP contribution is 2.29. The molecule has 0 fully saturated rings. The third-order valence-corrected chi connectivity index (χ3v) is 6.63. The highest BCUT2D eigenvalue weighted by molar-refractivity contribution is 7.80. The summed E-state index contributed by atoms with van der Waals surface area (Å²) in [5.74, 6) is 0.717. The summed E-state index contributed by atoms with van der Waals surface area (Å²) in [5, 5.41) is 9.77. The molecule has 0 saturated carbocycles. The van der Waals surface area contributed by atoms with Crippen LogP contribution in [-0.2, 0) is 9.59 Å². The Bertz CT molecular complexity index is 1480. The lowest BCUT2D eigenvalue weighted by Crippen LogP contribution is -2.32. The van der Waals surface area contributed by atoms with Gasteiger partial charge in [0.05, 0.1) is 10.2 Å². The van der Waals surface area contributed by atoms with Crippen molar-refractivity contribution in [3.05, 3.63) is 71.0 Å². The Morgan fingerprint density at radius 2 is 1.97 bits per heavy atom. The Kier molecular flexibility index (Phi) is 8.14. The number of hydrogen-bond acceptors (Lipinski definition) is 6. The van der Waals surface area contributed by atoms with E-state index in [0.717, 1.165) is 27.8 Å². The molecule has 0 saturated heterocycles. The number of thiocarbonyl (C=S) groups is 1. The minimum Gasteiger partial charge on any atom is -0.457 e. The molecule has 2 amide bonds. The second-order valence-corrected chi connectivity index (χ2v) is 9.79. The van der Waals surface area contributed by atoms with Gasteiger partial charge in [-0.2, -0.15) is 0 Å². The fourth-order valence-corrected chi connectivity index (χ4v) is 4.60. The van der Waals surface area contributed by atoms with E-state index in [1.165, 1.54) is 17.4 Å². The molecule has 0 bridgehead atoms. The van der Waals surface area contributed by atoms with Gasteiger partial charge in [-0.05, 0) is 73.6 Å². The van der Waals surface area contributed by atoms with Gasteiger partial charge in [0.2, 0.25) is 11.8 Å². The van der Waals surface area contributed by atoms with E-state index in [2.05, 4.69) is 20.9 Å². The van der Waals surface area contributed by atoms with Gasteiger partial charge < -0.3 is 15.1 Å². The number of carbonyl (C=O) groups excluding carboxylic acids is 2. The van der Waals surface area contributed by atoms with Crippen molar-refractivity contribution >= 4 is 79.2 Å². The van der Waals surface area contributed by atoms with Crippen molar-refractivity contribution in [3.8, 4) is 11.3 Å². The van der Waals surface area contributed by atoms with Crippen molar-refractivity contribution in [1.29, 1.82) is 0 Å². The standard InChI is InChI=1S/C26H23ClN4O3S2/c1-3-4-23(32)31-26-29-20-10-7-17(14-22(20)36-26)28-25(35)30-24(33)12-9-18-8-11-21(34-18)16-6-5-15(2)19(27)13-16/h5-14H,3-4H2,1-2H3,(H,29,31,32)(H2,28,30,33,35)/b12-9+. The Labute approximate surface area is 222 Å². The average molecular weight is 539 g/mol. The van der Waals surface area contributed by atoms with E-state index in [4.69, 9.17) is 28.2 Å². The lowest BCUT2D eigenvalue weighted by Gasteiger charge is -2.07. The summed E-state index contributed by atoms with van der Waals surface area (Å²) in [6, 6.07) is 14.8. The summed E-state index contributed by atoms with van der Waals surface area (Å²) in [7, 11) is 0. The van der Waals surface area contributed by atoms with Gasteiger partial charge in [-0.25, -0.2) is 4.98 Å². The molecule has 0 aliphatic heterocycles. The minimum absolute atomic E-state index is 0.0582. The molecule has 2 heterocycles. The molecule has 10 heteroatoms. The monoisotopic (exact) mass is 538 g/mol. The van der Waals surface area contributed by atoms with E-state index in [-0.39, 0.29) is 11.0 Å². The van der Waals surface area contributed by atoms with Crippen LogP contribution in [0.25, 0.3) is 27.6 Å². The Morgan fingerprint density at radius 1 is 1.14 bits per heavy atom. The number of fused-ring (bicyclic) bond motifs is 1. The van der Waals surface area contributed by atoms with Crippen molar-refractivity contribution in [3.63, 3.8) is 0 Å². The Balaban J connectivity index is 1.33. The summed E-state index contributed by atoms with van der Waals surface area (Å²) >= 11 is 12.8. The van der Waals surface area contributed by atoms with E-state index in [0.29, 0.717) is 33.8 Å². The largest absolute Gasteiger partial charge is 0.457 e. The predicted molar refractivity (Wildman–Crippen MR) is 150 cm³/mol. The molecule has 184 valence electrons. The number of benzene rings is 2. The topological polar surface area (TPSA) is 96.3 Å². The molecule has 0 unspecified atom stereocenters. The van der Waals surface area contributed by atoms with Crippen LogP contribution in [0, 0.1) is 6.92 Å². The quantitative estimate of drug-likeness (QED) is 0.177.